The van der Waals surface area contributed by atoms with E-state index in [9.17, 15) is 0 Å². The van der Waals surface area contributed by atoms with Crippen LogP contribution in [0.5, 0.6) is 0 Å². The van der Waals surface area contributed by atoms with Crippen LogP contribution in [0.2, 0.25) is 5.02 Å². The summed E-state index contributed by atoms with van der Waals surface area (Å²) >= 11 is 5.83. The first-order valence-electron chi connectivity index (χ1n) is 4.83. The lowest BCUT2D eigenvalue weighted by Gasteiger charge is -2.18. The summed E-state index contributed by atoms with van der Waals surface area (Å²) in [5.74, 6) is 0. The zero-order chi connectivity index (χ0) is 9.97. The van der Waals surface area contributed by atoms with E-state index < -0.39 is 0 Å². The second kappa shape index (κ2) is 4.20. The number of hydrogen-bond acceptors (Lipinski definition) is 2. The molecule has 0 unspecified atom stereocenters. The molecule has 2 nitrogen and oxygen atoms in total. The molecule has 2 rings (SSSR count). The third kappa shape index (κ3) is 2.02. The van der Waals surface area contributed by atoms with Crippen molar-refractivity contribution in [1.82, 2.24) is 0 Å². The molecule has 0 radical (unpaired) electrons. The molecule has 0 N–H and O–H groups in total. The summed E-state index contributed by atoms with van der Waals surface area (Å²) in [5, 5.41) is 0.788. The smallest absolute Gasteiger partial charge is 0.0762 e. The van der Waals surface area contributed by atoms with Crippen molar-refractivity contribution in [1.29, 1.82) is 0 Å². The van der Waals surface area contributed by atoms with Crippen molar-refractivity contribution < 1.29 is 4.74 Å². The van der Waals surface area contributed by atoms with E-state index in [0.717, 1.165) is 24.5 Å². The van der Waals surface area contributed by atoms with Crippen LogP contribution in [0.1, 0.15) is 6.42 Å². The van der Waals surface area contributed by atoms with Gasteiger partial charge in [0.15, 0.2) is 0 Å². The maximum Gasteiger partial charge on any atom is 0.0762 e. The molecule has 1 aromatic carbocycles. The molecule has 0 bridgehead atoms. The fourth-order valence-electron chi connectivity index (χ4n) is 1.81. The Morgan fingerprint density at radius 1 is 1.36 bits per heavy atom. The maximum atomic E-state index is 5.83. The highest BCUT2D eigenvalue weighted by Gasteiger charge is 2.21. The molecule has 1 aliphatic rings. The van der Waals surface area contributed by atoms with Crippen LogP contribution in [0, 0.1) is 0 Å². The van der Waals surface area contributed by atoms with Gasteiger partial charge in [-0.3, -0.25) is 0 Å². The van der Waals surface area contributed by atoms with Crippen LogP contribution >= 0.6 is 11.6 Å². The molecule has 1 aromatic rings. The zero-order valence-corrected chi connectivity index (χ0v) is 9.00. The summed E-state index contributed by atoms with van der Waals surface area (Å²) in [5.41, 5.74) is 1.23. The summed E-state index contributed by atoms with van der Waals surface area (Å²) in [6, 6.07) is 7.97. The Morgan fingerprint density at radius 3 is 2.64 bits per heavy atom. The first kappa shape index (κ1) is 9.81. The molecular formula is C11H14ClNO. The summed E-state index contributed by atoms with van der Waals surface area (Å²) in [7, 11) is 1.77. The molecule has 1 atom stereocenters. The fourth-order valence-corrected chi connectivity index (χ4v) is 1.93. The Kier molecular flexibility index (Phi) is 2.94. The van der Waals surface area contributed by atoms with Gasteiger partial charge in [0.2, 0.25) is 0 Å². The second-order valence-electron chi connectivity index (χ2n) is 3.57. The summed E-state index contributed by atoms with van der Waals surface area (Å²) in [6.45, 7) is 2.05. The van der Waals surface area contributed by atoms with E-state index in [1.54, 1.807) is 7.11 Å². The van der Waals surface area contributed by atoms with Crippen LogP contribution in [0.4, 0.5) is 5.69 Å². The van der Waals surface area contributed by atoms with Gasteiger partial charge in [-0.2, -0.15) is 0 Å². The summed E-state index contributed by atoms with van der Waals surface area (Å²) in [4.78, 5) is 2.32. The van der Waals surface area contributed by atoms with Gasteiger partial charge >= 0.3 is 0 Å². The number of halogens is 1. The van der Waals surface area contributed by atoms with Crippen LogP contribution in [0.3, 0.4) is 0 Å². The van der Waals surface area contributed by atoms with Crippen LogP contribution in [-0.2, 0) is 4.74 Å². The van der Waals surface area contributed by atoms with Crippen LogP contribution in [-0.4, -0.2) is 26.3 Å². The first-order chi connectivity index (χ1) is 6.79. The molecule has 14 heavy (non-hydrogen) atoms. The molecule has 1 aliphatic heterocycles. The number of hydrogen-bond donors (Lipinski definition) is 0. The van der Waals surface area contributed by atoms with Gasteiger partial charge in [-0.1, -0.05) is 11.6 Å². The van der Waals surface area contributed by atoms with Crippen molar-refractivity contribution in [2.75, 3.05) is 25.1 Å². The molecule has 0 aliphatic carbocycles. The van der Waals surface area contributed by atoms with Crippen LogP contribution in [0.25, 0.3) is 0 Å². The molecule has 76 valence electrons. The lowest BCUT2D eigenvalue weighted by atomic mass is 10.3. The van der Waals surface area contributed by atoms with E-state index in [4.69, 9.17) is 16.3 Å². The van der Waals surface area contributed by atoms with Gasteiger partial charge in [0.25, 0.3) is 0 Å². The predicted octanol–water partition coefficient (Wildman–Crippen LogP) is 2.57. The van der Waals surface area contributed by atoms with E-state index in [-0.39, 0.29) is 0 Å². The van der Waals surface area contributed by atoms with Gasteiger partial charge < -0.3 is 9.64 Å². The lowest BCUT2D eigenvalue weighted by molar-refractivity contribution is 0.121. The Balaban J connectivity index is 2.06. The molecule has 0 aromatic heterocycles. The minimum absolute atomic E-state index is 0.380. The highest BCUT2D eigenvalue weighted by atomic mass is 35.5. The minimum Gasteiger partial charge on any atom is -0.380 e. The van der Waals surface area contributed by atoms with E-state index in [1.807, 2.05) is 12.1 Å². The van der Waals surface area contributed by atoms with Gasteiger partial charge in [-0.25, -0.2) is 0 Å². The quantitative estimate of drug-likeness (QED) is 0.746. The number of benzene rings is 1. The Labute approximate surface area is 89.4 Å². The molecule has 0 spiro atoms. The van der Waals surface area contributed by atoms with E-state index in [1.165, 1.54) is 5.69 Å². The van der Waals surface area contributed by atoms with E-state index >= 15 is 0 Å². The third-order valence-electron chi connectivity index (χ3n) is 2.67. The van der Waals surface area contributed by atoms with Crippen molar-refractivity contribution in [3.63, 3.8) is 0 Å². The average molecular weight is 212 g/mol. The van der Waals surface area contributed by atoms with Gasteiger partial charge in [-0.05, 0) is 30.7 Å². The standard InChI is InChI=1S/C11H14ClNO/c1-14-11-6-7-13(8-11)10-4-2-9(12)3-5-10/h2-5,11H,6-8H2,1H3/t11-/m0/s1. The number of rotatable bonds is 2. The first-order valence-corrected chi connectivity index (χ1v) is 5.20. The third-order valence-corrected chi connectivity index (χ3v) is 2.92. The van der Waals surface area contributed by atoms with E-state index in [2.05, 4.69) is 17.0 Å². The maximum absolute atomic E-state index is 5.83. The van der Waals surface area contributed by atoms with Crippen molar-refractivity contribution in [2.24, 2.45) is 0 Å². The molecule has 1 fully saturated rings. The highest BCUT2D eigenvalue weighted by Crippen LogP contribution is 2.22. The zero-order valence-electron chi connectivity index (χ0n) is 8.24. The summed E-state index contributed by atoms with van der Waals surface area (Å²) in [6.07, 6.45) is 1.49. The highest BCUT2D eigenvalue weighted by molar-refractivity contribution is 6.30. The Morgan fingerprint density at radius 2 is 2.07 bits per heavy atom. The molecular weight excluding hydrogens is 198 g/mol. The van der Waals surface area contributed by atoms with E-state index in [0.29, 0.717) is 6.10 Å². The largest absolute Gasteiger partial charge is 0.380 e. The van der Waals surface area contributed by atoms with Gasteiger partial charge in [0, 0.05) is 30.9 Å². The molecule has 0 amide bonds. The molecule has 1 heterocycles. The summed E-state index contributed by atoms with van der Waals surface area (Å²) < 4.78 is 5.32. The predicted molar refractivity (Wildman–Crippen MR) is 59.1 cm³/mol. The van der Waals surface area contributed by atoms with Gasteiger partial charge in [-0.15, -0.1) is 0 Å². The Bertz CT molecular complexity index is 299. The average Bonchev–Trinajstić information content (AvgIpc) is 2.67. The minimum atomic E-state index is 0.380. The fraction of sp³-hybridized carbons (Fsp3) is 0.455. The number of nitrogens with zero attached hydrogens (tertiary/aromatic N) is 1. The van der Waals surface area contributed by atoms with Crippen molar-refractivity contribution in [2.45, 2.75) is 12.5 Å². The second-order valence-corrected chi connectivity index (χ2v) is 4.01. The van der Waals surface area contributed by atoms with Crippen LogP contribution < -0.4 is 4.90 Å². The van der Waals surface area contributed by atoms with Crippen molar-refractivity contribution in [3.05, 3.63) is 29.3 Å². The molecule has 1 saturated heterocycles. The monoisotopic (exact) mass is 211 g/mol. The lowest BCUT2D eigenvalue weighted by Crippen LogP contribution is -2.21. The molecule has 3 heteroatoms. The van der Waals surface area contributed by atoms with Gasteiger partial charge in [0.05, 0.1) is 6.10 Å². The topological polar surface area (TPSA) is 12.5 Å². The number of ether oxygens (including phenoxy) is 1. The number of anilines is 1. The van der Waals surface area contributed by atoms with Crippen molar-refractivity contribution >= 4 is 17.3 Å². The van der Waals surface area contributed by atoms with Gasteiger partial charge in [0.1, 0.15) is 0 Å². The number of methoxy groups -OCH3 is 1. The normalized spacial score (nSPS) is 21.6. The van der Waals surface area contributed by atoms with Crippen LogP contribution in [0.15, 0.2) is 24.3 Å². The SMILES string of the molecule is CO[C@H]1CCN(c2ccc(Cl)cc2)C1. The molecule has 0 saturated carbocycles. The Hall–Kier alpha value is -0.730. The van der Waals surface area contributed by atoms with Crippen molar-refractivity contribution in [3.8, 4) is 0 Å².